The monoisotopic (exact) mass is 381 g/mol. The van der Waals surface area contributed by atoms with Crippen molar-refractivity contribution >= 4 is 22.7 Å². The fourth-order valence-corrected chi connectivity index (χ4v) is 3.46. The number of phenols is 1. The SMILES string of the molecule is COc1ccc(-c2nc(SCc3cc(=O)oc4cc(O)ccc34)n[nH]2)cc1. The van der Waals surface area contributed by atoms with E-state index >= 15 is 0 Å². The number of aromatic amines is 1. The van der Waals surface area contributed by atoms with Crippen LogP contribution in [-0.4, -0.2) is 27.4 Å². The number of phenolic OH excluding ortho intramolecular Hbond substituents is 1. The second-order valence-electron chi connectivity index (χ2n) is 5.75. The van der Waals surface area contributed by atoms with Crippen LogP contribution in [0.4, 0.5) is 0 Å². The molecular formula is C19H15N3O4S. The Morgan fingerprint density at radius 3 is 2.78 bits per heavy atom. The number of aromatic nitrogens is 3. The third kappa shape index (κ3) is 3.65. The third-order valence-corrected chi connectivity index (χ3v) is 4.90. The van der Waals surface area contributed by atoms with Gasteiger partial charge in [-0.15, -0.1) is 5.10 Å². The lowest BCUT2D eigenvalue weighted by Gasteiger charge is -2.04. The van der Waals surface area contributed by atoms with E-state index in [-0.39, 0.29) is 5.75 Å². The Kier molecular flexibility index (Phi) is 4.55. The smallest absolute Gasteiger partial charge is 0.336 e. The van der Waals surface area contributed by atoms with Gasteiger partial charge in [0.25, 0.3) is 0 Å². The van der Waals surface area contributed by atoms with Crippen molar-refractivity contribution in [1.82, 2.24) is 15.2 Å². The highest BCUT2D eigenvalue weighted by molar-refractivity contribution is 7.98. The first-order chi connectivity index (χ1) is 13.1. The summed E-state index contributed by atoms with van der Waals surface area (Å²) in [5.74, 6) is 1.97. The van der Waals surface area contributed by atoms with Crippen LogP contribution in [0.5, 0.6) is 11.5 Å². The predicted octanol–water partition coefficient (Wildman–Crippen LogP) is 3.58. The Morgan fingerprint density at radius 2 is 2.00 bits per heavy atom. The first-order valence-electron chi connectivity index (χ1n) is 8.08. The Hall–Kier alpha value is -3.26. The summed E-state index contributed by atoms with van der Waals surface area (Å²) in [6.45, 7) is 0. The Labute approximate surface area is 158 Å². The zero-order chi connectivity index (χ0) is 18.8. The molecule has 0 atom stereocenters. The highest BCUT2D eigenvalue weighted by Gasteiger charge is 2.10. The predicted molar refractivity (Wildman–Crippen MR) is 102 cm³/mol. The maximum Gasteiger partial charge on any atom is 0.336 e. The fourth-order valence-electron chi connectivity index (χ4n) is 2.67. The average Bonchev–Trinajstić information content (AvgIpc) is 3.14. The van der Waals surface area contributed by atoms with Crippen molar-refractivity contribution in [3.8, 4) is 22.9 Å². The molecular weight excluding hydrogens is 366 g/mol. The Morgan fingerprint density at radius 1 is 1.19 bits per heavy atom. The summed E-state index contributed by atoms with van der Waals surface area (Å²) >= 11 is 1.40. The van der Waals surface area contributed by atoms with Crippen molar-refractivity contribution in [2.75, 3.05) is 7.11 Å². The minimum Gasteiger partial charge on any atom is -0.508 e. The number of fused-ring (bicyclic) bond motifs is 1. The number of hydrogen-bond acceptors (Lipinski definition) is 7. The van der Waals surface area contributed by atoms with Gasteiger partial charge in [0.1, 0.15) is 17.1 Å². The molecule has 136 valence electrons. The zero-order valence-electron chi connectivity index (χ0n) is 14.3. The van der Waals surface area contributed by atoms with Crippen LogP contribution in [0.25, 0.3) is 22.4 Å². The molecule has 0 aliphatic carbocycles. The summed E-state index contributed by atoms with van der Waals surface area (Å²) in [5, 5.41) is 18.0. The number of nitrogens with one attached hydrogen (secondary N) is 1. The van der Waals surface area contributed by atoms with E-state index in [1.54, 1.807) is 19.2 Å². The first kappa shape index (κ1) is 17.2. The minimum absolute atomic E-state index is 0.0496. The lowest BCUT2D eigenvalue weighted by Crippen LogP contribution is -1.99. The lowest BCUT2D eigenvalue weighted by molar-refractivity contribution is 0.415. The van der Waals surface area contributed by atoms with Gasteiger partial charge in [-0.2, -0.15) is 0 Å². The fraction of sp³-hybridized carbons (Fsp3) is 0.105. The van der Waals surface area contributed by atoms with Crippen LogP contribution in [0.3, 0.4) is 0 Å². The first-order valence-corrected chi connectivity index (χ1v) is 9.06. The summed E-state index contributed by atoms with van der Waals surface area (Å²) in [7, 11) is 1.62. The number of ether oxygens (including phenoxy) is 1. The highest BCUT2D eigenvalue weighted by Crippen LogP contribution is 2.28. The summed E-state index contributed by atoms with van der Waals surface area (Å²) in [5.41, 5.74) is 1.59. The maximum atomic E-state index is 11.8. The molecule has 0 saturated carbocycles. The molecule has 2 aromatic heterocycles. The van der Waals surface area contributed by atoms with Gasteiger partial charge in [-0.3, -0.25) is 5.10 Å². The number of hydrogen-bond donors (Lipinski definition) is 2. The maximum absolute atomic E-state index is 11.8. The second kappa shape index (κ2) is 7.16. The molecule has 7 nitrogen and oxygen atoms in total. The third-order valence-electron chi connectivity index (χ3n) is 4.00. The molecule has 0 saturated heterocycles. The molecule has 0 spiro atoms. The number of benzene rings is 2. The standard InChI is InChI=1S/C19H15N3O4S/c1-25-14-5-2-11(3-6-14)18-20-19(22-21-18)27-10-12-8-17(24)26-16-9-13(23)4-7-15(12)16/h2-9,23H,10H2,1H3,(H,20,21,22). The average molecular weight is 381 g/mol. The summed E-state index contributed by atoms with van der Waals surface area (Å²) < 4.78 is 10.3. The quantitative estimate of drug-likeness (QED) is 0.402. The van der Waals surface area contributed by atoms with Crippen molar-refractivity contribution in [2.24, 2.45) is 0 Å². The van der Waals surface area contributed by atoms with Gasteiger partial charge in [-0.1, -0.05) is 11.8 Å². The molecule has 0 radical (unpaired) electrons. The zero-order valence-corrected chi connectivity index (χ0v) is 15.1. The molecule has 2 heterocycles. The van der Waals surface area contributed by atoms with Crippen LogP contribution in [-0.2, 0) is 5.75 Å². The number of aromatic hydroxyl groups is 1. The number of H-pyrrole nitrogens is 1. The van der Waals surface area contributed by atoms with Gasteiger partial charge in [-0.25, -0.2) is 9.78 Å². The van der Waals surface area contributed by atoms with Crippen molar-refractivity contribution in [3.05, 3.63) is 64.5 Å². The molecule has 0 fully saturated rings. The van der Waals surface area contributed by atoms with Crippen molar-refractivity contribution in [1.29, 1.82) is 0 Å². The second-order valence-corrected chi connectivity index (χ2v) is 6.70. The van der Waals surface area contributed by atoms with E-state index < -0.39 is 5.63 Å². The van der Waals surface area contributed by atoms with Gasteiger partial charge in [0, 0.05) is 28.8 Å². The van der Waals surface area contributed by atoms with Crippen LogP contribution in [0, 0.1) is 0 Å². The van der Waals surface area contributed by atoms with E-state index in [0.29, 0.717) is 22.3 Å². The molecule has 0 unspecified atom stereocenters. The van der Waals surface area contributed by atoms with Gasteiger partial charge < -0.3 is 14.3 Å². The van der Waals surface area contributed by atoms with Gasteiger partial charge in [0.15, 0.2) is 5.82 Å². The summed E-state index contributed by atoms with van der Waals surface area (Å²) in [6, 6.07) is 13.7. The van der Waals surface area contributed by atoms with Gasteiger partial charge in [0.05, 0.1) is 7.11 Å². The van der Waals surface area contributed by atoms with Gasteiger partial charge >= 0.3 is 5.63 Å². The van der Waals surface area contributed by atoms with E-state index in [4.69, 9.17) is 9.15 Å². The molecule has 0 aliphatic heterocycles. The van der Waals surface area contributed by atoms with E-state index in [0.717, 1.165) is 22.3 Å². The molecule has 0 aliphatic rings. The topological polar surface area (TPSA) is 101 Å². The van der Waals surface area contributed by atoms with Crippen molar-refractivity contribution < 1.29 is 14.3 Å². The van der Waals surface area contributed by atoms with E-state index in [1.807, 2.05) is 24.3 Å². The Balaban J connectivity index is 1.55. The molecule has 2 aromatic carbocycles. The number of thioether (sulfide) groups is 1. The lowest BCUT2D eigenvalue weighted by atomic mass is 10.1. The molecule has 2 N–H and O–H groups in total. The molecule has 8 heteroatoms. The number of methoxy groups -OCH3 is 1. The van der Waals surface area contributed by atoms with Crippen LogP contribution >= 0.6 is 11.8 Å². The summed E-state index contributed by atoms with van der Waals surface area (Å²) in [4.78, 5) is 16.2. The van der Waals surface area contributed by atoms with Crippen molar-refractivity contribution in [3.63, 3.8) is 0 Å². The van der Waals surface area contributed by atoms with E-state index in [2.05, 4.69) is 15.2 Å². The largest absolute Gasteiger partial charge is 0.508 e. The van der Waals surface area contributed by atoms with Gasteiger partial charge in [-0.05, 0) is 42.0 Å². The van der Waals surface area contributed by atoms with Crippen LogP contribution in [0.2, 0.25) is 0 Å². The van der Waals surface area contributed by atoms with E-state index in [1.165, 1.54) is 23.9 Å². The molecule has 27 heavy (non-hydrogen) atoms. The number of rotatable bonds is 5. The molecule has 0 amide bonds. The Bertz CT molecular complexity index is 1150. The summed E-state index contributed by atoms with van der Waals surface area (Å²) in [6.07, 6.45) is 0. The van der Waals surface area contributed by atoms with Gasteiger partial charge in [0.2, 0.25) is 5.16 Å². The normalized spacial score (nSPS) is 11.0. The van der Waals surface area contributed by atoms with E-state index in [9.17, 15) is 9.90 Å². The molecule has 4 aromatic rings. The number of nitrogens with zero attached hydrogens (tertiary/aromatic N) is 2. The van der Waals surface area contributed by atoms with Crippen LogP contribution < -0.4 is 10.4 Å². The highest BCUT2D eigenvalue weighted by atomic mass is 32.2. The molecule has 4 rings (SSSR count). The molecule has 0 bridgehead atoms. The van der Waals surface area contributed by atoms with Crippen LogP contribution in [0.15, 0.2) is 62.9 Å². The minimum atomic E-state index is -0.461. The van der Waals surface area contributed by atoms with Crippen LogP contribution in [0.1, 0.15) is 5.56 Å². The van der Waals surface area contributed by atoms with Crippen molar-refractivity contribution in [2.45, 2.75) is 10.9 Å².